The Labute approximate surface area is 140 Å². The number of aromatic amines is 1. The molecule has 0 saturated carbocycles. The van der Waals surface area contributed by atoms with Gasteiger partial charge >= 0.3 is 6.03 Å². The summed E-state index contributed by atoms with van der Waals surface area (Å²) in [7, 11) is 0. The first kappa shape index (κ1) is 14.5. The Kier molecular flexibility index (Phi) is 3.75. The monoisotopic (exact) mass is 318 g/mol. The Hall–Kier alpha value is -3.08. The number of carbonyl (C=O) groups excluding carboxylic acids is 1. The number of urea groups is 1. The fourth-order valence-electron chi connectivity index (χ4n) is 3.02. The van der Waals surface area contributed by atoms with Crippen LogP contribution in [0.5, 0.6) is 0 Å². The van der Waals surface area contributed by atoms with Crippen LogP contribution in [0.3, 0.4) is 0 Å². The zero-order chi connectivity index (χ0) is 16.4. The molecule has 0 radical (unpaired) electrons. The zero-order valence-electron chi connectivity index (χ0n) is 13.2. The topological polar surface area (TPSA) is 52.2 Å². The molecule has 5 nitrogen and oxygen atoms in total. The fourth-order valence-corrected chi connectivity index (χ4v) is 3.02. The third-order valence-corrected chi connectivity index (χ3v) is 4.32. The molecule has 0 unspecified atom stereocenters. The molecule has 0 aliphatic carbocycles. The van der Waals surface area contributed by atoms with Gasteiger partial charge in [0.2, 0.25) is 0 Å². The highest BCUT2D eigenvalue weighted by Crippen LogP contribution is 2.25. The number of rotatable bonds is 4. The minimum atomic E-state index is 0.0647. The number of benzene rings is 2. The van der Waals surface area contributed by atoms with Crippen molar-refractivity contribution in [1.82, 2.24) is 15.1 Å². The number of hydrogen-bond donors (Lipinski definition) is 1. The van der Waals surface area contributed by atoms with Gasteiger partial charge in [0, 0.05) is 37.1 Å². The molecule has 1 aliphatic rings. The molecule has 120 valence electrons. The molecule has 3 aromatic rings. The van der Waals surface area contributed by atoms with Crippen molar-refractivity contribution in [3.05, 3.63) is 72.6 Å². The molecule has 1 aliphatic heterocycles. The summed E-state index contributed by atoms with van der Waals surface area (Å²) in [5, 5.41) is 6.78. The molecule has 1 saturated heterocycles. The van der Waals surface area contributed by atoms with Crippen LogP contribution in [0.25, 0.3) is 11.1 Å². The first-order valence-corrected chi connectivity index (χ1v) is 8.01. The molecule has 2 heterocycles. The first-order valence-electron chi connectivity index (χ1n) is 8.01. The lowest BCUT2D eigenvalue weighted by molar-refractivity contribution is 0.219. The second-order valence-corrected chi connectivity index (χ2v) is 5.88. The largest absolute Gasteiger partial charge is 0.324 e. The maximum absolute atomic E-state index is 12.7. The van der Waals surface area contributed by atoms with E-state index in [-0.39, 0.29) is 6.03 Å². The summed E-state index contributed by atoms with van der Waals surface area (Å²) in [5.74, 6) is 0. The van der Waals surface area contributed by atoms with Crippen molar-refractivity contribution in [3.8, 4) is 11.1 Å². The Balaban J connectivity index is 1.48. The summed E-state index contributed by atoms with van der Waals surface area (Å²) < 4.78 is 0. The summed E-state index contributed by atoms with van der Waals surface area (Å²) in [4.78, 5) is 16.4. The predicted molar refractivity (Wildman–Crippen MR) is 93.6 cm³/mol. The predicted octanol–water partition coefficient (Wildman–Crippen LogP) is 3.52. The number of hydrogen-bond acceptors (Lipinski definition) is 2. The van der Waals surface area contributed by atoms with E-state index in [0.717, 1.165) is 35.5 Å². The van der Waals surface area contributed by atoms with E-state index in [1.165, 1.54) is 0 Å². The van der Waals surface area contributed by atoms with Crippen molar-refractivity contribution in [1.29, 1.82) is 0 Å². The number of nitrogens with one attached hydrogen (secondary N) is 1. The number of anilines is 1. The van der Waals surface area contributed by atoms with Gasteiger partial charge in [-0.05, 0) is 23.3 Å². The molecule has 1 fully saturated rings. The van der Waals surface area contributed by atoms with Gasteiger partial charge < -0.3 is 4.90 Å². The summed E-state index contributed by atoms with van der Waals surface area (Å²) in [6.45, 7) is 2.12. The highest BCUT2D eigenvalue weighted by Gasteiger charge is 2.29. The number of aromatic nitrogens is 2. The highest BCUT2D eigenvalue weighted by molar-refractivity contribution is 5.94. The summed E-state index contributed by atoms with van der Waals surface area (Å²) in [6, 6.07) is 18.2. The van der Waals surface area contributed by atoms with Gasteiger partial charge in [0.1, 0.15) is 0 Å². The molecule has 1 N–H and O–H groups in total. The minimum absolute atomic E-state index is 0.0647. The van der Waals surface area contributed by atoms with Gasteiger partial charge in [0.05, 0.1) is 6.20 Å². The maximum atomic E-state index is 12.7. The molecule has 4 rings (SSSR count). The van der Waals surface area contributed by atoms with Crippen LogP contribution in [0.4, 0.5) is 10.5 Å². The van der Waals surface area contributed by atoms with E-state index in [9.17, 15) is 4.79 Å². The van der Waals surface area contributed by atoms with Crippen molar-refractivity contribution in [2.45, 2.75) is 6.54 Å². The second-order valence-electron chi connectivity index (χ2n) is 5.88. The number of nitrogens with zero attached hydrogens (tertiary/aromatic N) is 3. The first-order chi connectivity index (χ1) is 11.8. The van der Waals surface area contributed by atoms with E-state index in [2.05, 4.69) is 22.3 Å². The van der Waals surface area contributed by atoms with Crippen LogP contribution >= 0.6 is 0 Å². The van der Waals surface area contributed by atoms with Crippen molar-refractivity contribution in [3.63, 3.8) is 0 Å². The zero-order valence-corrected chi connectivity index (χ0v) is 13.2. The van der Waals surface area contributed by atoms with Crippen molar-refractivity contribution < 1.29 is 4.79 Å². The van der Waals surface area contributed by atoms with Crippen molar-refractivity contribution in [2.75, 3.05) is 18.0 Å². The summed E-state index contributed by atoms with van der Waals surface area (Å²) in [6.07, 6.45) is 3.65. The van der Waals surface area contributed by atoms with Crippen LogP contribution in [-0.2, 0) is 6.54 Å². The van der Waals surface area contributed by atoms with Gasteiger partial charge in [-0.3, -0.25) is 10.00 Å². The molecule has 2 aromatic carbocycles. The van der Waals surface area contributed by atoms with Crippen LogP contribution in [0.1, 0.15) is 5.56 Å². The van der Waals surface area contributed by atoms with Gasteiger partial charge in [0.25, 0.3) is 0 Å². The highest BCUT2D eigenvalue weighted by atomic mass is 16.2. The average Bonchev–Trinajstić information content (AvgIpc) is 3.27. The number of carbonyl (C=O) groups is 1. The average molecular weight is 318 g/mol. The number of amides is 2. The van der Waals surface area contributed by atoms with E-state index < -0.39 is 0 Å². The van der Waals surface area contributed by atoms with E-state index in [4.69, 9.17) is 0 Å². The Morgan fingerprint density at radius 1 is 0.958 bits per heavy atom. The summed E-state index contributed by atoms with van der Waals surface area (Å²) in [5.41, 5.74) is 4.21. The third-order valence-electron chi connectivity index (χ3n) is 4.32. The lowest BCUT2D eigenvalue weighted by Gasteiger charge is -2.19. The Morgan fingerprint density at radius 2 is 1.75 bits per heavy atom. The molecule has 5 heteroatoms. The molecule has 0 bridgehead atoms. The van der Waals surface area contributed by atoms with Crippen LogP contribution < -0.4 is 4.90 Å². The molecule has 0 atom stereocenters. The Morgan fingerprint density at radius 3 is 2.46 bits per heavy atom. The molecular formula is C19H18N4O. The molecule has 24 heavy (non-hydrogen) atoms. The SMILES string of the molecule is O=C1N(Cc2ccccc2)CCN1c1ccc(-c2cn[nH]c2)cc1. The lowest BCUT2D eigenvalue weighted by atomic mass is 10.1. The van der Waals surface area contributed by atoms with Gasteiger partial charge in [0.15, 0.2) is 0 Å². The van der Waals surface area contributed by atoms with E-state index >= 15 is 0 Å². The van der Waals surface area contributed by atoms with Crippen molar-refractivity contribution >= 4 is 11.7 Å². The van der Waals surface area contributed by atoms with Crippen LogP contribution in [-0.4, -0.2) is 34.2 Å². The normalized spacial score (nSPS) is 14.4. The summed E-state index contributed by atoms with van der Waals surface area (Å²) >= 11 is 0. The Bertz CT molecular complexity index is 812. The van der Waals surface area contributed by atoms with E-state index in [1.807, 2.05) is 58.5 Å². The van der Waals surface area contributed by atoms with Crippen molar-refractivity contribution in [2.24, 2.45) is 0 Å². The fraction of sp³-hybridized carbons (Fsp3) is 0.158. The van der Waals surface area contributed by atoms with E-state index in [1.54, 1.807) is 6.20 Å². The van der Waals surface area contributed by atoms with Gasteiger partial charge in [-0.15, -0.1) is 0 Å². The second kappa shape index (κ2) is 6.20. The minimum Gasteiger partial charge on any atom is -0.318 e. The number of H-pyrrole nitrogens is 1. The van der Waals surface area contributed by atoms with E-state index in [0.29, 0.717) is 6.54 Å². The lowest BCUT2D eigenvalue weighted by Crippen LogP contribution is -2.31. The maximum Gasteiger partial charge on any atom is 0.324 e. The van der Waals surface area contributed by atoms with Gasteiger partial charge in [-0.25, -0.2) is 4.79 Å². The van der Waals surface area contributed by atoms with Gasteiger partial charge in [-0.1, -0.05) is 42.5 Å². The molecule has 1 aromatic heterocycles. The van der Waals surface area contributed by atoms with Crippen LogP contribution in [0, 0.1) is 0 Å². The van der Waals surface area contributed by atoms with Crippen LogP contribution in [0.15, 0.2) is 67.0 Å². The standard InChI is InChI=1S/C19H18N4O/c24-19-22(14-15-4-2-1-3-5-15)10-11-23(19)18-8-6-16(7-9-18)17-12-20-21-13-17/h1-9,12-13H,10-11,14H2,(H,20,21). The van der Waals surface area contributed by atoms with Crippen LogP contribution in [0.2, 0.25) is 0 Å². The van der Waals surface area contributed by atoms with Gasteiger partial charge in [-0.2, -0.15) is 5.10 Å². The molecule has 0 spiro atoms. The third kappa shape index (κ3) is 2.76. The quantitative estimate of drug-likeness (QED) is 0.800. The smallest absolute Gasteiger partial charge is 0.318 e. The molecule has 2 amide bonds. The molecular weight excluding hydrogens is 300 g/mol.